The average Bonchev–Trinajstić information content (AvgIpc) is 3.34. The summed E-state index contributed by atoms with van der Waals surface area (Å²) in [5, 5.41) is 2.80. The van der Waals surface area contributed by atoms with Crippen LogP contribution in [-0.4, -0.2) is 51.5 Å². The fourth-order valence-corrected chi connectivity index (χ4v) is 5.30. The summed E-state index contributed by atoms with van der Waals surface area (Å²) in [6, 6.07) is 9.99. The van der Waals surface area contributed by atoms with Crippen molar-refractivity contribution in [2.75, 3.05) is 13.1 Å². The highest BCUT2D eigenvalue weighted by Gasteiger charge is 2.45. The van der Waals surface area contributed by atoms with Crippen LogP contribution in [0.25, 0.3) is 0 Å². The minimum absolute atomic E-state index is 0.0211. The Morgan fingerprint density at radius 3 is 2.64 bits per heavy atom. The van der Waals surface area contributed by atoms with Gasteiger partial charge in [0.15, 0.2) is 11.4 Å². The number of nitrogens with one attached hydrogen (secondary N) is 1. The number of fused-ring (bicyclic) bond motifs is 4. The lowest BCUT2D eigenvalue weighted by Crippen LogP contribution is -2.62. The molecule has 5 rings (SSSR count). The predicted molar refractivity (Wildman–Crippen MR) is 129 cm³/mol. The Morgan fingerprint density at radius 2 is 1.91 bits per heavy atom. The van der Waals surface area contributed by atoms with E-state index in [1.165, 1.54) is 6.20 Å². The molecule has 176 valence electrons. The number of hydrogen-bond donors (Lipinski definition) is 1. The Labute approximate surface area is 196 Å². The molecule has 2 amide bonds. The molecule has 1 aromatic heterocycles. The molecule has 4 heterocycles. The Balaban J connectivity index is 0.00000126. The van der Waals surface area contributed by atoms with Crippen molar-refractivity contribution >= 4 is 21.3 Å². The van der Waals surface area contributed by atoms with Gasteiger partial charge in [-0.15, -0.1) is 0 Å². The van der Waals surface area contributed by atoms with Crippen LogP contribution < -0.4 is 15.3 Å². The number of pyridine rings is 1. The first-order valence-corrected chi connectivity index (χ1v) is 12.1. The molecule has 0 radical (unpaired) electrons. The predicted octanol–water partition coefficient (Wildman–Crippen LogP) is 2.62. The Bertz CT molecular complexity index is 1090. The topological polar surface area (TPSA) is 83.9 Å². The van der Waals surface area contributed by atoms with Crippen LogP contribution in [-0.2, 0) is 13.1 Å². The van der Waals surface area contributed by atoms with E-state index in [4.69, 9.17) is 4.52 Å². The van der Waals surface area contributed by atoms with E-state index in [0.29, 0.717) is 25.7 Å². The number of carbonyl (C=O) groups is 2. The van der Waals surface area contributed by atoms with Gasteiger partial charge in [0.1, 0.15) is 11.7 Å². The first-order chi connectivity index (χ1) is 16.1. The molecule has 2 saturated heterocycles. The van der Waals surface area contributed by atoms with E-state index in [2.05, 4.69) is 10.2 Å². The number of aromatic nitrogens is 1. The van der Waals surface area contributed by atoms with E-state index in [0.717, 1.165) is 31.4 Å². The lowest BCUT2D eigenvalue weighted by Gasteiger charge is -2.48. The van der Waals surface area contributed by atoms with Gasteiger partial charge in [-0.05, 0) is 24.8 Å². The molecule has 0 saturated carbocycles. The van der Waals surface area contributed by atoms with Gasteiger partial charge in [0, 0.05) is 31.9 Å². The average molecular weight is 471 g/mol. The van der Waals surface area contributed by atoms with Gasteiger partial charge in [0.05, 0.1) is 16.0 Å². The van der Waals surface area contributed by atoms with Crippen LogP contribution in [0.3, 0.4) is 0 Å². The van der Waals surface area contributed by atoms with Gasteiger partial charge in [-0.2, -0.15) is 0 Å². The summed E-state index contributed by atoms with van der Waals surface area (Å²) in [5.74, 6) is -0.790. The van der Waals surface area contributed by atoms with Crippen molar-refractivity contribution in [3.8, 4) is 5.75 Å². The summed E-state index contributed by atoms with van der Waals surface area (Å²) in [6.45, 7) is 6.46. The van der Waals surface area contributed by atoms with Gasteiger partial charge >= 0.3 is 0 Å². The van der Waals surface area contributed by atoms with Crippen molar-refractivity contribution in [1.29, 1.82) is 0 Å². The largest absolute Gasteiger partial charge is 0.474 e. The normalized spacial score (nSPS) is 21.3. The van der Waals surface area contributed by atoms with E-state index >= 15 is 0 Å². The quantitative estimate of drug-likeness (QED) is 0.695. The van der Waals surface area contributed by atoms with Crippen LogP contribution in [0.2, 0.25) is 0 Å². The van der Waals surface area contributed by atoms with Gasteiger partial charge in [0.2, 0.25) is 5.43 Å². The molecule has 0 bridgehead atoms. The molecule has 2 aromatic rings. The van der Waals surface area contributed by atoms with Crippen LogP contribution in [0, 0.1) is 0 Å². The molecule has 1 aromatic carbocycles. The molecule has 8 nitrogen and oxygen atoms in total. The second-order valence-corrected chi connectivity index (χ2v) is 8.53. The zero-order chi connectivity index (χ0) is 23.5. The van der Waals surface area contributed by atoms with Crippen LogP contribution in [0.15, 0.2) is 41.3 Å². The molecule has 1 N–H and O–H groups in total. The SMILES string of the molecule is CC.O=C(NCc1ccccc1)c1cn2c(c(OP)c1=O)C(=O)N1CC[C@H]3CCCN3[C@H]1C2. The molecule has 0 aliphatic carbocycles. The second-order valence-electron chi connectivity index (χ2n) is 8.29. The van der Waals surface area contributed by atoms with Gasteiger partial charge < -0.3 is 19.3 Å². The highest BCUT2D eigenvalue weighted by molar-refractivity contribution is 7.10. The lowest BCUT2D eigenvalue weighted by atomic mass is 10.0. The molecule has 3 atom stereocenters. The molecule has 33 heavy (non-hydrogen) atoms. The van der Waals surface area contributed by atoms with Crippen molar-refractivity contribution in [3.63, 3.8) is 0 Å². The molecule has 1 unspecified atom stereocenters. The molecule has 2 fully saturated rings. The van der Waals surface area contributed by atoms with Gasteiger partial charge in [-0.3, -0.25) is 19.3 Å². The van der Waals surface area contributed by atoms with E-state index in [1.807, 2.05) is 58.5 Å². The van der Waals surface area contributed by atoms with E-state index in [1.54, 1.807) is 4.57 Å². The maximum Gasteiger partial charge on any atom is 0.275 e. The maximum absolute atomic E-state index is 13.3. The van der Waals surface area contributed by atoms with E-state index < -0.39 is 11.3 Å². The van der Waals surface area contributed by atoms with Crippen molar-refractivity contribution < 1.29 is 14.1 Å². The molecular weight excluding hydrogens is 439 g/mol. The number of hydrogen-bond acceptors (Lipinski definition) is 5. The van der Waals surface area contributed by atoms with Crippen LogP contribution in [0.5, 0.6) is 5.75 Å². The summed E-state index contributed by atoms with van der Waals surface area (Å²) in [5.41, 5.74) is 0.555. The number of benzene rings is 1. The smallest absolute Gasteiger partial charge is 0.275 e. The van der Waals surface area contributed by atoms with Crippen LogP contribution in [0.1, 0.15) is 59.5 Å². The first kappa shape index (κ1) is 23.5. The minimum atomic E-state index is -0.574. The van der Waals surface area contributed by atoms with Crippen molar-refractivity contribution in [1.82, 2.24) is 19.7 Å². The number of rotatable bonds is 4. The third kappa shape index (κ3) is 4.30. The monoisotopic (exact) mass is 470 g/mol. The third-order valence-electron chi connectivity index (χ3n) is 6.59. The van der Waals surface area contributed by atoms with Crippen LogP contribution >= 0.6 is 9.47 Å². The summed E-state index contributed by atoms with van der Waals surface area (Å²) >= 11 is 0. The Hall–Kier alpha value is -2.70. The highest BCUT2D eigenvalue weighted by Crippen LogP contribution is 2.34. The molecular formula is C24H31N4O4P. The fourth-order valence-electron chi connectivity index (χ4n) is 5.08. The molecule has 9 heteroatoms. The van der Waals surface area contributed by atoms with E-state index in [9.17, 15) is 14.4 Å². The maximum atomic E-state index is 13.3. The third-order valence-corrected chi connectivity index (χ3v) is 6.82. The zero-order valence-electron chi connectivity index (χ0n) is 19.1. The number of nitrogens with zero attached hydrogens (tertiary/aromatic N) is 3. The summed E-state index contributed by atoms with van der Waals surface area (Å²) in [7, 11) is 2.04. The Kier molecular flexibility index (Phi) is 7.15. The number of carbonyl (C=O) groups excluding carboxylic acids is 2. The molecule has 3 aliphatic rings. The van der Waals surface area contributed by atoms with Gasteiger partial charge in [-0.25, -0.2) is 0 Å². The summed E-state index contributed by atoms with van der Waals surface area (Å²) in [6.07, 6.45) is 4.70. The first-order valence-electron chi connectivity index (χ1n) is 11.6. The Morgan fingerprint density at radius 1 is 1.15 bits per heavy atom. The zero-order valence-corrected chi connectivity index (χ0v) is 20.3. The lowest BCUT2D eigenvalue weighted by molar-refractivity contribution is -0.0209. The summed E-state index contributed by atoms with van der Waals surface area (Å²) in [4.78, 5) is 43.4. The van der Waals surface area contributed by atoms with Crippen LogP contribution in [0.4, 0.5) is 0 Å². The van der Waals surface area contributed by atoms with Crippen molar-refractivity contribution in [2.24, 2.45) is 0 Å². The fraction of sp³-hybridized carbons (Fsp3) is 0.458. The number of amides is 2. The van der Waals surface area contributed by atoms with Gasteiger partial charge in [-0.1, -0.05) is 44.2 Å². The second kappa shape index (κ2) is 10.1. The van der Waals surface area contributed by atoms with Crippen molar-refractivity contribution in [3.05, 3.63) is 63.6 Å². The van der Waals surface area contributed by atoms with E-state index in [-0.39, 0.29) is 29.1 Å². The summed E-state index contributed by atoms with van der Waals surface area (Å²) < 4.78 is 7.00. The molecule has 3 aliphatic heterocycles. The minimum Gasteiger partial charge on any atom is -0.474 e. The standard InChI is InChI=1S/C22H25N4O4P.C2H6/c27-19-16(21(28)23-11-14-5-2-1-3-6-14)12-24-13-17-25-9-4-7-15(25)8-10-26(17)22(29)18(24)20(19)30-31;1-2/h1-3,5-6,12,15,17H,4,7-11,13,31H2,(H,23,28);1-2H3/t15-,17-;/m1./s1. The van der Waals surface area contributed by atoms with Crippen molar-refractivity contribution in [2.45, 2.75) is 58.4 Å². The molecule has 0 spiro atoms. The highest BCUT2D eigenvalue weighted by atomic mass is 31.0. The van der Waals surface area contributed by atoms with Gasteiger partial charge in [0.25, 0.3) is 11.8 Å².